The van der Waals surface area contributed by atoms with Crippen LogP contribution < -0.4 is 0 Å². The molecule has 3 rings (SSSR count). The van der Waals surface area contributed by atoms with Gasteiger partial charge < -0.3 is 5.11 Å². The Labute approximate surface area is 147 Å². The fourth-order valence-corrected chi connectivity index (χ4v) is 2.51. The summed E-state index contributed by atoms with van der Waals surface area (Å²) in [6.07, 6.45) is -4.55. The summed E-state index contributed by atoms with van der Waals surface area (Å²) in [5, 5.41) is 17.8. The van der Waals surface area contributed by atoms with E-state index in [1.807, 2.05) is 0 Å². The van der Waals surface area contributed by atoms with Crippen molar-refractivity contribution in [1.82, 2.24) is 10.2 Å². The SMILES string of the molecule is Cc1cc(C(=O)c2ccccc2)nnc1-c1ccc(C(F)(F)F)cc1O. The van der Waals surface area contributed by atoms with Gasteiger partial charge in [0.25, 0.3) is 0 Å². The molecule has 0 bridgehead atoms. The Bertz CT molecular complexity index is 970. The van der Waals surface area contributed by atoms with Gasteiger partial charge in [-0.25, -0.2) is 0 Å². The van der Waals surface area contributed by atoms with E-state index in [1.165, 1.54) is 6.07 Å². The van der Waals surface area contributed by atoms with Crippen molar-refractivity contribution in [2.75, 3.05) is 0 Å². The molecule has 0 spiro atoms. The third-order valence-corrected chi connectivity index (χ3v) is 3.83. The molecular weight excluding hydrogens is 345 g/mol. The second kappa shape index (κ2) is 6.59. The molecule has 0 atom stereocenters. The molecule has 7 heteroatoms. The van der Waals surface area contributed by atoms with Gasteiger partial charge in [-0.3, -0.25) is 4.79 Å². The van der Waals surface area contributed by atoms with Crippen molar-refractivity contribution in [2.45, 2.75) is 13.1 Å². The first-order chi connectivity index (χ1) is 12.3. The van der Waals surface area contributed by atoms with E-state index in [-0.39, 0.29) is 22.7 Å². The molecule has 2 aromatic carbocycles. The average Bonchev–Trinajstić information content (AvgIpc) is 2.61. The summed E-state index contributed by atoms with van der Waals surface area (Å²) in [6.45, 7) is 1.64. The van der Waals surface area contributed by atoms with E-state index in [4.69, 9.17) is 0 Å². The number of carbonyl (C=O) groups excluding carboxylic acids is 1. The minimum Gasteiger partial charge on any atom is -0.507 e. The molecule has 0 aliphatic carbocycles. The summed E-state index contributed by atoms with van der Waals surface area (Å²) in [6, 6.07) is 12.7. The number of hydrogen-bond acceptors (Lipinski definition) is 4. The molecule has 3 aromatic rings. The van der Waals surface area contributed by atoms with Gasteiger partial charge in [-0.05, 0) is 36.8 Å². The van der Waals surface area contributed by atoms with Crippen LogP contribution >= 0.6 is 0 Å². The average molecular weight is 358 g/mol. The summed E-state index contributed by atoms with van der Waals surface area (Å²) in [7, 11) is 0. The maximum Gasteiger partial charge on any atom is 0.416 e. The number of halogens is 3. The van der Waals surface area contributed by atoms with Crippen LogP contribution in [0.4, 0.5) is 13.2 Å². The van der Waals surface area contributed by atoms with Crippen LogP contribution in [0.5, 0.6) is 5.75 Å². The molecule has 0 radical (unpaired) electrons. The van der Waals surface area contributed by atoms with Crippen LogP contribution in [0.15, 0.2) is 54.6 Å². The Morgan fingerprint density at radius 2 is 1.69 bits per heavy atom. The van der Waals surface area contributed by atoms with Gasteiger partial charge in [0, 0.05) is 11.1 Å². The van der Waals surface area contributed by atoms with Gasteiger partial charge in [0.2, 0.25) is 5.78 Å². The lowest BCUT2D eigenvalue weighted by atomic mass is 10.0. The van der Waals surface area contributed by atoms with Crippen molar-refractivity contribution in [3.63, 3.8) is 0 Å². The number of aryl methyl sites for hydroxylation is 1. The number of hydrogen-bond donors (Lipinski definition) is 1. The highest BCUT2D eigenvalue weighted by Gasteiger charge is 2.31. The molecule has 26 heavy (non-hydrogen) atoms. The molecule has 132 valence electrons. The van der Waals surface area contributed by atoms with Gasteiger partial charge in [0.05, 0.1) is 11.3 Å². The lowest BCUT2D eigenvalue weighted by Gasteiger charge is -2.11. The van der Waals surface area contributed by atoms with Gasteiger partial charge >= 0.3 is 6.18 Å². The number of phenols is 1. The molecule has 0 fully saturated rings. The fourth-order valence-electron chi connectivity index (χ4n) is 2.51. The van der Waals surface area contributed by atoms with Crippen LogP contribution in [0.25, 0.3) is 11.3 Å². The zero-order chi connectivity index (χ0) is 18.9. The maximum atomic E-state index is 12.7. The number of aromatic hydroxyl groups is 1. The molecule has 1 N–H and O–H groups in total. The van der Waals surface area contributed by atoms with Crippen LogP contribution in [0.1, 0.15) is 27.2 Å². The summed E-state index contributed by atoms with van der Waals surface area (Å²) in [5.74, 6) is -0.872. The smallest absolute Gasteiger partial charge is 0.416 e. The van der Waals surface area contributed by atoms with Crippen molar-refractivity contribution >= 4 is 5.78 Å². The van der Waals surface area contributed by atoms with Crippen molar-refractivity contribution < 1.29 is 23.1 Å². The predicted octanol–water partition coefficient (Wildman–Crippen LogP) is 4.41. The molecule has 0 amide bonds. The van der Waals surface area contributed by atoms with Crippen LogP contribution in [-0.4, -0.2) is 21.1 Å². The molecule has 1 heterocycles. The third kappa shape index (κ3) is 3.42. The second-order valence-electron chi connectivity index (χ2n) is 5.69. The molecule has 0 aliphatic heterocycles. The van der Waals surface area contributed by atoms with E-state index in [2.05, 4.69) is 10.2 Å². The maximum absolute atomic E-state index is 12.7. The molecule has 1 aromatic heterocycles. The number of aromatic nitrogens is 2. The number of alkyl halides is 3. The molecular formula is C19H13F3N2O2. The van der Waals surface area contributed by atoms with E-state index in [0.717, 1.165) is 12.1 Å². The number of nitrogens with zero attached hydrogens (tertiary/aromatic N) is 2. The van der Waals surface area contributed by atoms with Crippen LogP contribution in [-0.2, 0) is 6.18 Å². The fraction of sp³-hybridized carbons (Fsp3) is 0.105. The zero-order valence-electron chi connectivity index (χ0n) is 13.6. The van der Waals surface area contributed by atoms with E-state index >= 15 is 0 Å². The molecule has 0 unspecified atom stereocenters. The first-order valence-corrected chi connectivity index (χ1v) is 7.62. The number of benzene rings is 2. The predicted molar refractivity (Wildman–Crippen MR) is 88.7 cm³/mol. The normalized spacial score (nSPS) is 11.4. The van der Waals surface area contributed by atoms with E-state index < -0.39 is 17.5 Å². The molecule has 4 nitrogen and oxygen atoms in total. The quantitative estimate of drug-likeness (QED) is 0.705. The standard InChI is InChI=1S/C19H13F3N2O2/c1-11-9-15(18(26)12-5-3-2-4-6-12)23-24-17(11)14-8-7-13(10-16(14)25)19(20,21)22/h2-10,25H,1H3. The van der Waals surface area contributed by atoms with Crippen LogP contribution in [0, 0.1) is 6.92 Å². The molecule has 0 saturated heterocycles. The first kappa shape index (κ1) is 17.6. The largest absolute Gasteiger partial charge is 0.507 e. The monoisotopic (exact) mass is 358 g/mol. The lowest BCUT2D eigenvalue weighted by molar-refractivity contribution is -0.137. The van der Waals surface area contributed by atoms with Crippen molar-refractivity contribution in [1.29, 1.82) is 0 Å². The van der Waals surface area contributed by atoms with Gasteiger partial charge in [-0.15, -0.1) is 10.2 Å². The van der Waals surface area contributed by atoms with Gasteiger partial charge in [0.1, 0.15) is 11.4 Å². The topological polar surface area (TPSA) is 63.1 Å². The number of phenolic OH excluding ortho intramolecular Hbond substituents is 1. The van der Waals surface area contributed by atoms with Crippen LogP contribution in [0.3, 0.4) is 0 Å². The van der Waals surface area contributed by atoms with E-state index in [9.17, 15) is 23.1 Å². The molecule has 0 saturated carbocycles. The van der Waals surface area contributed by atoms with Gasteiger partial charge in [0.15, 0.2) is 0 Å². The Kier molecular flexibility index (Phi) is 4.46. The Hall–Kier alpha value is -3.22. The van der Waals surface area contributed by atoms with Crippen molar-refractivity contribution in [3.05, 3.63) is 77.0 Å². The highest BCUT2D eigenvalue weighted by molar-refractivity contribution is 6.07. The summed E-state index contributed by atoms with van der Waals surface area (Å²) >= 11 is 0. The third-order valence-electron chi connectivity index (χ3n) is 3.83. The minimum absolute atomic E-state index is 0.113. The Morgan fingerprint density at radius 1 is 1.00 bits per heavy atom. The summed E-state index contributed by atoms with van der Waals surface area (Å²) in [5.41, 5.74) is 0.437. The second-order valence-corrected chi connectivity index (χ2v) is 5.69. The van der Waals surface area contributed by atoms with Gasteiger partial charge in [-0.1, -0.05) is 30.3 Å². The van der Waals surface area contributed by atoms with Crippen molar-refractivity contribution in [3.8, 4) is 17.0 Å². The zero-order valence-corrected chi connectivity index (χ0v) is 13.6. The summed E-state index contributed by atoms with van der Waals surface area (Å²) < 4.78 is 38.1. The van der Waals surface area contributed by atoms with Crippen LogP contribution in [0.2, 0.25) is 0 Å². The van der Waals surface area contributed by atoms with Crippen molar-refractivity contribution in [2.24, 2.45) is 0 Å². The highest BCUT2D eigenvalue weighted by Crippen LogP contribution is 2.36. The first-order valence-electron chi connectivity index (χ1n) is 7.62. The minimum atomic E-state index is -4.55. The number of ketones is 1. The number of carbonyl (C=O) groups is 1. The summed E-state index contributed by atoms with van der Waals surface area (Å²) in [4.78, 5) is 12.4. The van der Waals surface area contributed by atoms with E-state index in [1.54, 1.807) is 37.3 Å². The Morgan fingerprint density at radius 3 is 2.27 bits per heavy atom. The van der Waals surface area contributed by atoms with E-state index in [0.29, 0.717) is 17.2 Å². The van der Waals surface area contributed by atoms with Gasteiger partial charge in [-0.2, -0.15) is 13.2 Å². The molecule has 0 aliphatic rings. The Balaban J connectivity index is 1.97. The lowest BCUT2D eigenvalue weighted by Crippen LogP contribution is -2.07. The number of rotatable bonds is 3. The highest BCUT2D eigenvalue weighted by atomic mass is 19.4.